The van der Waals surface area contributed by atoms with Gasteiger partial charge < -0.3 is 10.2 Å². The summed E-state index contributed by atoms with van der Waals surface area (Å²) in [7, 11) is 0. The quantitative estimate of drug-likeness (QED) is 0.912. The predicted octanol–water partition coefficient (Wildman–Crippen LogP) is 1.96. The van der Waals surface area contributed by atoms with Crippen LogP contribution in [0.3, 0.4) is 0 Å². The summed E-state index contributed by atoms with van der Waals surface area (Å²) in [5.74, 6) is 0.638. The lowest BCUT2D eigenvalue weighted by Crippen LogP contribution is -2.34. The Bertz CT molecular complexity index is 442. The number of hydrogen-bond acceptors (Lipinski definition) is 3. The van der Waals surface area contributed by atoms with Gasteiger partial charge in [0.25, 0.3) is 0 Å². The van der Waals surface area contributed by atoms with Crippen LogP contribution in [0, 0.1) is 5.92 Å². The molecule has 2 heterocycles. The first-order valence-electron chi connectivity index (χ1n) is 7.75. The van der Waals surface area contributed by atoms with E-state index in [1.165, 1.54) is 12.8 Å². The number of aromatic nitrogens is 1. The fourth-order valence-corrected chi connectivity index (χ4v) is 3.34. The molecule has 1 aromatic heterocycles. The highest BCUT2D eigenvalue weighted by atomic mass is 16.2. The van der Waals surface area contributed by atoms with E-state index in [9.17, 15) is 4.79 Å². The number of carbonyl (C=O) groups excluding carboxylic acids is 1. The SMILES string of the molecule is O=C([C@@H]1CC[C@H](NCc2ccccn2)C1)N1CCCC1. The molecule has 0 spiro atoms. The van der Waals surface area contributed by atoms with E-state index < -0.39 is 0 Å². The molecule has 1 N–H and O–H groups in total. The highest BCUT2D eigenvalue weighted by molar-refractivity contribution is 5.79. The molecule has 4 heteroatoms. The first-order chi connectivity index (χ1) is 9.83. The molecule has 2 aliphatic rings. The molecule has 2 fully saturated rings. The molecule has 0 unspecified atom stereocenters. The predicted molar refractivity (Wildman–Crippen MR) is 78.0 cm³/mol. The Morgan fingerprint density at radius 3 is 2.90 bits per heavy atom. The summed E-state index contributed by atoms with van der Waals surface area (Å²) in [6.45, 7) is 2.75. The van der Waals surface area contributed by atoms with Gasteiger partial charge in [0.05, 0.1) is 5.69 Å². The number of pyridine rings is 1. The molecule has 3 rings (SSSR count). The second kappa shape index (κ2) is 6.35. The van der Waals surface area contributed by atoms with Crippen LogP contribution in [0.5, 0.6) is 0 Å². The van der Waals surface area contributed by atoms with Gasteiger partial charge in [0, 0.05) is 37.8 Å². The average molecular weight is 273 g/mol. The van der Waals surface area contributed by atoms with E-state index in [1.807, 2.05) is 24.4 Å². The van der Waals surface area contributed by atoms with Crippen molar-refractivity contribution in [2.24, 2.45) is 5.92 Å². The van der Waals surface area contributed by atoms with Gasteiger partial charge in [-0.25, -0.2) is 0 Å². The third kappa shape index (κ3) is 3.18. The van der Waals surface area contributed by atoms with Crippen LogP contribution in [-0.2, 0) is 11.3 Å². The summed E-state index contributed by atoms with van der Waals surface area (Å²) in [6, 6.07) is 6.45. The number of likely N-dealkylation sites (tertiary alicyclic amines) is 1. The minimum atomic E-state index is 0.245. The van der Waals surface area contributed by atoms with E-state index in [1.54, 1.807) is 0 Å². The van der Waals surface area contributed by atoms with Crippen LogP contribution in [-0.4, -0.2) is 34.9 Å². The van der Waals surface area contributed by atoms with Crippen molar-refractivity contribution in [1.82, 2.24) is 15.2 Å². The Labute approximate surface area is 120 Å². The van der Waals surface area contributed by atoms with E-state index in [0.29, 0.717) is 11.9 Å². The summed E-state index contributed by atoms with van der Waals surface area (Å²) >= 11 is 0. The molecule has 4 nitrogen and oxygen atoms in total. The normalized spacial score (nSPS) is 26.1. The standard InChI is InChI=1S/C16H23N3O/c20-16(19-9-3-4-10-19)13-6-7-14(11-13)18-12-15-5-1-2-8-17-15/h1-2,5,8,13-14,18H,3-4,6-7,9-12H2/t13-,14+/m1/s1. The van der Waals surface area contributed by atoms with Crippen molar-refractivity contribution < 1.29 is 4.79 Å². The van der Waals surface area contributed by atoms with Crippen molar-refractivity contribution in [3.05, 3.63) is 30.1 Å². The molecular formula is C16H23N3O. The van der Waals surface area contributed by atoms with Crippen molar-refractivity contribution in [2.75, 3.05) is 13.1 Å². The van der Waals surface area contributed by atoms with Gasteiger partial charge in [-0.05, 0) is 44.2 Å². The Morgan fingerprint density at radius 2 is 2.15 bits per heavy atom. The molecule has 0 bridgehead atoms. The lowest BCUT2D eigenvalue weighted by atomic mass is 10.1. The molecule has 1 aliphatic carbocycles. The maximum atomic E-state index is 12.4. The Balaban J connectivity index is 1.46. The number of rotatable bonds is 4. The third-order valence-electron chi connectivity index (χ3n) is 4.50. The average Bonchev–Trinajstić information content (AvgIpc) is 3.17. The summed E-state index contributed by atoms with van der Waals surface area (Å²) < 4.78 is 0. The molecular weight excluding hydrogens is 250 g/mol. The number of carbonyl (C=O) groups is 1. The second-order valence-corrected chi connectivity index (χ2v) is 5.94. The Hall–Kier alpha value is -1.42. The van der Waals surface area contributed by atoms with E-state index in [4.69, 9.17) is 0 Å². The van der Waals surface area contributed by atoms with Crippen LogP contribution < -0.4 is 5.32 Å². The van der Waals surface area contributed by atoms with Gasteiger partial charge in [0.2, 0.25) is 5.91 Å². The summed E-state index contributed by atoms with van der Waals surface area (Å²) in [5.41, 5.74) is 1.07. The molecule has 0 aromatic carbocycles. The molecule has 1 saturated carbocycles. The molecule has 2 atom stereocenters. The number of hydrogen-bond donors (Lipinski definition) is 1. The fourth-order valence-electron chi connectivity index (χ4n) is 3.34. The van der Waals surface area contributed by atoms with Crippen LogP contribution >= 0.6 is 0 Å². The van der Waals surface area contributed by atoms with Gasteiger partial charge in [-0.2, -0.15) is 0 Å². The molecule has 1 aromatic rings. The second-order valence-electron chi connectivity index (χ2n) is 5.94. The minimum Gasteiger partial charge on any atom is -0.342 e. The van der Waals surface area contributed by atoms with E-state index in [0.717, 1.165) is 44.6 Å². The van der Waals surface area contributed by atoms with Crippen molar-refractivity contribution in [2.45, 2.75) is 44.7 Å². The van der Waals surface area contributed by atoms with Gasteiger partial charge in [0.15, 0.2) is 0 Å². The molecule has 20 heavy (non-hydrogen) atoms. The molecule has 1 aliphatic heterocycles. The van der Waals surface area contributed by atoms with Gasteiger partial charge in [-0.15, -0.1) is 0 Å². The monoisotopic (exact) mass is 273 g/mol. The van der Waals surface area contributed by atoms with Gasteiger partial charge >= 0.3 is 0 Å². The maximum absolute atomic E-state index is 12.4. The van der Waals surface area contributed by atoms with Crippen LogP contribution in [0.15, 0.2) is 24.4 Å². The van der Waals surface area contributed by atoms with Crippen LogP contribution in [0.2, 0.25) is 0 Å². The highest BCUT2D eigenvalue weighted by Gasteiger charge is 2.33. The lowest BCUT2D eigenvalue weighted by Gasteiger charge is -2.20. The van der Waals surface area contributed by atoms with Gasteiger partial charge in [0.1, 0.15) is 0 Å². The molecule has 0 radical (unpaired) electrons. The van der Waals surface area contributed by atoms with Crippen molar-refractivity contribution in [3.63, 3.8) is 0 Å². The molecule has 1 saturated heterocycles. The maximum Gasteiger partial charge on any atom is 0.225 e. The van der Waals surface area contributed by atoms with Crippen LogP contribution in [0.4, 0.5) is 0 Å². The van der Waals surface area contributed by atoms with E-state index in [-0.39, 0.29) is 5.92 Å². The zero-order valence-corrected chi connectivity index (χ0v) is 11.9. The minimum absolute atomic E-state index is 0.245. The smallest absolute Gasteiger partial charge is 0.225 e. The fraction of sp³-hybridized carbons (Fsp3) is 0.625. The number of amides is 1. The zero-order chi connectivity index (χ0) is 13.8. The summed E-state index contributed by atoms with van der Waals surface area (Å²) in [4.78, 5) is 18.7. The first kappa shape index (κ1) is 13.6. The number of nitrogens with one attached hydrogen (secondary N) is 1. The van der Waals surface area contributed by atoms with E-state index in [2.05, 4.69) is 15.2 Å². The van der Waals surface area contributed by atoms with E-state index >= 15 is 0 Å². The summed E-state index contributed by atoms with van der Waals surface area (Å²) in [6.07, 6.45) is 7.32. The molecule has 108 valence electrons. The number of nitrogens with zero attached hydrogens (tertiary/aromatic N) is 2. The van der Waals surface area contributed by atoms with Crippen molar-refractivity contribution in [1.29, 1.82) is 0 Å². The van der Waals surface area contributed by atoms with Crippen LogP contribution in [0.1, 0.15) is 37.8 Å². The Morgan fingerprint density at radius 1 is 1.30 bits per heavy atom. The van der Waals surface area contributed by atoms with Crippen LogP contribution in [0.25, 0.3) is 0 Å². The van der Waals surface area contributed by atoms with Gasteiger partial charge in [-0.3, -0.25) is 9.78 Å². The summed E-state index contributed by atoms with van der Waals surface area (Å²) in [5, 5.41) is 3.54. The lowest BCUT2D eigenvalue weighted by molar-refractivity contribution is -0.134. The first-order valence-corrected chi connectivity index (χ1v) is 7.75. The highest BCUT2D eigenvalue weighted by Crippen LogP contribution is 2.28. The van der Waals surface area contributed by atoms with Crippen molar-refractivity contribution >= 4 is 5.91 Å². The van der Waals surface area contributed by atoms with Crippen molar-refractivity contribution in [3.8, 4) is 0 Å². The zero-order valence-electron chi connectivity index (χ0n) is 11.9. The third-order valence-corrected chi connectivity index (χ3v) is 4.50. The van der Waals surface area contributed by atoms with Gasteiger partial charge in [-0.1, -0.05) is 6.07 Å². The topological polar surface area (TPSA) is 45.2 Å². The molecule has 1 amide bonds. The Kier molecular flexibility index (Phi) is 4.31. The largest absolute Gasteiger partial charge is 0.342 e.